The van der Waals surface area contributed by atoms with Gasteiger partial charge >= 0.3 is 0 Å². The topological polar surface area (TPSA) is 0 Å². The molecule has 0 amide bonds. The molecule has 0 unspecified atom stereocenters. The maximum Gasteiger partial charge on any atom is -0.0126 e. The van der Waals surface area contributed by atoms with Crippen LogP contribution < -0.4 is 0 Å². The molecule has 0 spiro atoms. The van der Waals surface area contributed by atoms with E-state index in [0.29, 0.717) is 0 Å². The lowest BCUT2D eigenvalue weighted by molar-refractivity contribution is 0.570. The third kappa shape index (κ3) is 4.70. The largest absolute Gasteiger partial charge is 0.0622 e. The van der Waals surface area contributed by atoms with Crippen LogP contribution in [0.1, 0.15) is 52.7 Å². The molecule has 0 saturated heterocycles. The van der Waals surface area contributed by atoms with Crippen LogP contribution >= 0.6 is 0 Å². The van der Waals surface area contributed by atoms with E-state index in [0.717, 1.165) is 0 Å². The summed E-state index contributed by atoms with van der Waals surface area (Å²) < 4.78 is 0. The first-order valence-corrected chi connectivity index (χ1v) is 11.5. The minimum Gasteiger partial charge on any atom is -0.0622 e. The van der Waals surface area contributed by atoms with Crippen LogP contribution in [0, 0.1) is 0 Å². The highest BCUT2D eigenvalue weighted by Gasteiger charge is 2.22. The van der Waals surface area contributed by atoms with Crippen molar-refractivity contribution in [1.82, 2.24) is 0 Å². The van der Waals surface area contributed by atoms with E-state index in [-0.39, 0.29) is 10.8 Å². The number of hydrogen-bond acceptors (Lipinski definition) is 0. The Morgan fingerprint density at radius 2 is 0.844 bits per heavy atom. The van der Waals surface area contributed by atoms with Gasteiger partial charge in [0.2, 0.25) is 0 Å². The van der Waals surface area contributed by atoms with Crippen molar-refractivity contribution in [3.63, 3.8) is 0 Å². The summed E-state index contributed by atoms with van der Waals surface area (Å²) in [6.07, 6.45) is 0. The molecule has 4 rings (SSSR count). The molecule has 32 heavy (non-hydrogen) atoms. The average molecular weight is 419 g/mol. The lowest BCUT2D eigenvalue weighted by atomic mass is 9.77. The summed E-state index contributed by atoms with van der Waals surface area (Å²) in [5.74, 6) is 0. The molecule has 0 radical (unpaired) electrons. The van der Waals surface area contributed by atoms with E-state index in [9.17, 15) is 0 Å². The molecule has 4 aromatic rings. The van der Waals surface area contributed by atoms with Gasteiger partial charge in [-0.15, -0.1) is 0 Å². The minimum absolute atomic E-state index is 0.0858. The predicted molar refractivity (Wildman–Crippen MR) is 140 cm³/mol. The first-order chi connectivity index (χ1) is 15.1. The molecular formula is C32H34. The smallest absolute Gasteiger partial charge is 0.0126 e. The molecule has 4 aromatic carbocycles. The van der Waals surface area contributed by atoms with Crippen LogP contribution in [-0.4, -0.2) is 0 Å². The second-order valence-electron chi connectivity index (χ2n) is 10.8. The Hall–Kier alpha value is -3.12. The molecule has 0 aliphatic heterocycles. The van der Waals surface area contributed by atoms with Gasteiger partial charge in [0.15, 0.2) is 0 Å². The van der Waals surface area contributed by atoms with Crippen molar-refractivity contribution in [2.45, 2.75) is 52.4 Å². The van der Waals surface area contributed by atoms with Gasteiger partial charge in [0.05, 0.1) is 0 Å². The normalized spacial score (nSPS) is 12.1. The fourth-order valence-electron chi connectivity index (χ4n) is 4.21. The van der Waals surface area contributed by atoms with E-state index in [4.69, 9.17) is 0 Å². The fraction of sp³-hybridized carbons (Fsp3) is 0.250. The standard InChI is InChI=1S/C32H34/c1-31(2,3)28-20-21-29(30(22-28)32(4,5)6)27-18-16-26(17-19-27)25-14-12-24(13-15-25)23-10-8-7-9-11-23/h7-22H,1-6H3. The lowest BCUT2D eigenvalue weighted by Gasteiger charge is -2.27. The summed E-state index contributed by atoms with van der Waals surface area (Å²) in [7, 11) is 0. The zero-order chi connectivity index (χ0) is 22.9. The minimum atomic E-state index is 0.0858. The van der Waals surface area contributed by atoms with Crippen molar-refractivity contribution in [2.75, 3.05) is 0 Å². The van der Waals surface area contributed by atoms with Gasteiger partial charge in [0.25, 0.3) is 0 Å². The SMILES string of the molecule is CC(C)(C)c1ccc(-c2ccc(-c3ccc(-c4ccccc4)cc3)cc2)c(C(C)(C)C)c1. The van der Waals surface area contributed by atoms with Gasteiger partial charge in [-0.2, -0.15) is 0 Å². The molecule has 0 saturated carbocycles. The molecule has 0 atom stereocenters. The van der Waals surface area contributed by atoms with Gasteiger partial charge in [0.1, 0.15) is 0 Å². The summed E-state index contributed by atoms with van der Waals surface area (Å²) in [6, 6.07) is 35.4. The Balaban J connectivity index is 1.66. The highest BCUT2D eigenvalue weighted by molar-refractivity contribution is 5.75. The predicted octanol–water partition coefficient (Wildman–Crippen LogP) is 9.28. The highest BCUT2D eigenvalue weighted by Crippen LogP contribution is 2.37. The third-order valence-electron chi connectivity index (χ3n) is 6.21. The molecule has 0 N–H and O–H groups in total. The number of rotatable bonds is 3. The van der Waals surface area contributed by atoms with E-state index in [2.05, 4.69) is 139 Å². The van der Waals surface area contributed by atoms with E-state index in [1.165, 1.54) is 44.5 Å². The van der Waals surface area contributed by atoms with E-state index >= 15 is 0 Å². The maximum atomic E-state index is 2.41. The van der Waals surface area contributed by atoms with Crippen LogP contribution in [-0.2, 0) is 10.8 Å². The van der Waals surface area contributed by atoms with Gasteiger partial charge in [0, 0.05) is 0 Å². The van der Waals surface area contributed by atoms with Gasteiger partial charge < -0.3 is 0 Å². The van der Waals surface area contributed by atoms with E-state index in [1.54, 1.807) is 0 Å². The van der Waals surface area contributed by atoms with Crippen molar-refractivity contribution in [2.24, 2.45) is 0 Å². The summed E-state index contributed by atoms with van der Waals surface area (Å²) in [5, 5.41) is 0. The van der Waals surface area contributed by atoms with Crippen LogP contribution in [0.15, 0.2) is 97.1 Å². The van der Waals surface area contributed by atoms with Crippen LogP contribution in [0.5, 0.6) is 0 Å². The molecule has 0 aliphatic carbocycles. The summed E-state index contributed by atoms with van der Waals surface area (Å²) in [6.45, 7) is 13.8. The van der Waals surface area contributed by atoms with Gasteiger partial charge in [-0.05, 0) is 55.3 Å². The van der Waals surface area contributed by atoms with Crippen LogP contribution in [0.3, 0.4) is 0 Å². The van der Waals surface area contributed by atoms with E-state index < -0.39 is 0 Å². The molecule has 0 bridgehead atoms. The summed E-state index contributed by atoms with van der Waals surface area (Å²) in [5.41, 5.74) is 10.6. The fourth-order valence-corrected chi connectivity index (χ4v) is 4.21. The van der Waals surface area contributed by atoms with Crippen molar-refractivity contribution >= 4 is 0 Å². The number of benzene rings is 4. The quantitative estimate of drug-likeness (QED) is 0.311. The average Bonchev–Trinajstić information content (AvgIpc) is 2.78. The Morgan fingerprint density at radius 3 is 1.28 bits per heavy atom. The number of hydrogen-bond donors (Lipinski definition) is 0. The van der Waals surface area contributed by atoms with Crippen LogP contribution in [0.2, 0.25) is 0 Å². The Labute approximate surface area is 194 Å². The lowest BCUT2D eigenvalue weighted by Crippen LogP contribution is -2.17. The summed E-state index contributed by atoms with van der Waals surface area (Å²) >= 11 is 0. The Bertz CT molecular complexity index is 1180. The Kier molecular flexibility index (Phi) is 5.82. The zero-order valence-corrected chi connectivity index (χ0v) is 20.2. The second-order valence-corrected chi connectivity index (χ2v) is 10.8. The molecule has 0 heteroatoms. The van der Waals surface area contributed by atoms with E-state index in [1.807, 2.05) is 0 Å². The van der Waals surface area contributed by atoms with Crippen LogP contribution in [0.25, 0.3) is 33.4 Å². The molecule has 0 nitrogen and oxygen atoms in total. The maximum absolute atomic E-state index is 2.41. The van der Waals surface area contributed by atoms with Gasteiger partial charge in [-0.3, -0.25) is 0 Å². The van der Waals surface area contributed by atoms with Gasteiger partial charge in [-0.25, -0.2) is 0 Å². The van der Waals surface area contributed by atoms with Crippen LogP contribution in [0.4, 0.5) is 0 Å². The van der Waals surface area contributed by atoms with Crippen molar-refractivity contribution in [3.05, 3.63) is 108 Å². The van der Waals surface area contributed by atoms with Crippen molar-refractivity contribution in [1.29, 1.82) is 0 Å². The molecule has 0 heterocycles. The monoisotopic (exact) mass is 418 g/mol. The summed E-state index contributed by atoms with van der Waals surface area (Å²) in [4.78, 5) is 0. The zero-order valence-electron chi connectivity index (χ0n) is 20.2. The van der Waals surface area contributed by atoms with Crippen molar-refractivity contribution in [3.8, 4) is 33.4 Å². The van der Waals surface area contributed by atoms with Gasteiger partial charge in [-0.1, -0.05) is 139 Å². The first kappa shape index (κ1) is 22.1. The molecule has 0 aliphatic rings. The molecular weight excluding hydrogens is 384 g/mol. The molecule has 0 fully saturated rings. The first-order valence-electron chi connectivity index (χ1n) is 11.5. The molecule has 162 valence electrons. The Morgan fingerprint density at radius 1 is 0.406 bits per heavy atom. The van der Waals surface area contributed by atoms with Crippen molar-refractivity contribution < 1.29 is 0 Å². The second kappa shape index (κ2) is 8.43. The highest BCUT2D eigenvalue weighted by atomic mass is 14.3. The molecule has 0 aromatic heterocycles. The third-order valence-corrected chi connectivity index (χ3v) is 6.21.